The van der Waals surface area contributed by atoms with E-state index in [1.54, 1.807) is 0 Å². The first-order valence-corrected chi connectivity index (χ1v) is 8.25. The fraction of sp³-hybridized carbons (Fsp3) is 1.00. The van der Waals surface area contributed by atoms with Crippen molar-refractivity contribution < 1.29 is 0 Å². The van der Waals surface area contributed by atoms with Crippen LogP contribution in [0.4, 0.5) is 0 Å². The summed E-state index contributed by atoms with van der Waals surface area (Å²) in [6, 6.07) is 0. The van der Waals surface area contributed by atoms with Crippen LogP contribution >= 0.6 is 0 Å². The van der Waals surface area contributed by atoms with Crippen LogP contribution in [0.3, 0.4) is 0 Å². The Hall–Kier alpha value is -0.0800. The molecular weight excluding hydrogens is 220 g/mol. The highest BCUT2D eigenvalue weighted by Gasteiger charge is 2.30. The lowest BCUT2D eigenvalue weighted by Gasteiger charge is -2.40. The quantitative estimate of drug-likeness (QED) is 0.806. The molecule has 0 spiro atoms. The van der Waals surface area contributed by atoms with Gasteiger partial charge in [-0.05, 0) is 77.0 Å². The molecule has 0 amide bonds. The lowest BCUT2D eigenvalue weighted by molar-refractivity contribution is 0.160. The number of rotatable bonds is 5. The summed E-state index contributed by atoms with van der Waals surface area (Å²) in [6.07, 6.45) is 11.3. The molecule has 1 unspecified atom stereocenters. The normalized spacial score (nSPS) is 31.7. The minimum atomic E-state index is 0.500. The van der Waals surface area contributed by atoms with Crippen LogP contribution in [-0.4, -0.2) is 36.6 Å². The average Bonchev–Trinajstić information content (AvgIpc) is 2.47. The molecule has 0 saturated carbocycles. The van der Waals surface area contributed by atoms with E-state index in [0.29, 0.717) is 5.54 Å². The third kappa shape index (κ3) is 3.71. The third-order valence-corrected chi connectivity index (χ3v) is 5.44. The molecule has 2 rings (SSSR count). The third-order valence-electron chi connectivity index (χ3n) is 5.44. The summed E-state index contributed by atoms with van der Waals surface area (Å²) in [5.74, 6) is 1.000. The second kappa shape index (κ2) is 6.91. The number of piperidine rings is 2. The van der Waals surface area contributed by atoms with Crippen molar-refractivity contribution in [2.24, 2.45) is 5.92 Å². The molecule has 0 aromatic heterocycles. The highest BCUT2D eigenvalue weighted by molar-refractivity contribution is 4.90. The van der Waals surface area contributed by atoms with Gasteiger partial charge in [-0.15, -0.1) is 0 Å². The first kappa shape index (κ1) is 14.3. The number of hydrogen-bond acceptors (Lipinski definition) is 2. The largest absolute Gasteiger partial charge is 0.311 e. The van der Waals surface area contributed by atoms with Crippen LogP contribution in [0.25, 0.3) is 0 Å². The van der Waals surface area contributed by atoms with Gasteiger partial charge in [-0.25, -0.2) is 0 Å². The summed E-state index contributed by atoms with van der Waals surface area (Å²) in [5.41, 5.74) is 0.500. The smallest absolute Gasteiger partial charge is 0.0179 e. The van der Waals surface area contributed by atoms with Crippen molar-refractivity contribution in [3.05, 3.63) is 0 Å². The van der Waals surface area contributed by atoms with Crippen molar-refractivity contribution in [1.29, 1.82) is 0 Å². The van der Waals surface area contributed by atoms with Gasteiger partial charge in [0.1, 0.15) is 0 Å². The SMILES string of the molecule is CCN1CCC(CCC2(CC)CCCCN2)CC1. The van der Waals surface area contributed by atoms with Gasteiger partial charge in [-0.1, -0.05) is 20.3 Å². The Morgan fingerprint density at radius 3 is 2.50 bits per heavy atom. The summed E-state index contributed by atoms with van der Waals surface area (Å²) < 4.78 is 0. The molecule has 1 atom stereocenters. The van der Waals surface area contributed by atoms with Crippen LogP contribution in [0.1, 0.15) is 65.2 Å². The van der Waals surface area contributed by atoms with Crippen LogP contribution < -0.4 is 5.32 Å². The van der Waals surface area contributed by atoms with Crippen molar-refractivity contribution in [1.82, 2.24) is 10.2 Å². The summed E-state index contributed by atoms with van der Waals surface area (Å²) in [7, 11) is 0. The van der Waals surface area contributed by atoms with Crippen LogP contribution in [0.2, 0.25) is 0 Å². The maximum absolute atomic E-state index is 3.83. The van der Waals surface area contributed by atoms with E-state index in [4.69, 9.17) is 0 Å². The van der Waals surface area contributed by atoms with Gasteiger partial charge in [0.15, 0.2) is 0 Å². The molecule has 2 nitrogen and oxygen atoms in total. The van der Waals surface area contributed by atoms with E-state index in [-0.39, 0.29) is 0 Å². The number of hydrogen-bond donors (Lipinski definition) is 1. The van der Waals surface area contributed by atoms with Crippen LogP contribution in [0, 0.1) is 5.92 Å². The van der Waals surface area contributed by atoms with Crippen LogP contribution in [-0.2, 0) is 0 Å². The minimum Gasteiger partial charge on any atom is -0.311 e. The predicted octanol–water partition coefficient (Wildman–Crippen LogP) is 3.42. The predicted molar refractivity (Wildman–Crippen MR) is 78.9 cm³/mol. The molecule has 18 heavy (non-hydrogen) atoms. The van der Waals surface area contributed by atoms with Crippen molar-refractivity contribution in [3.8, 4) is 0 Å². The van der Waals surface area contributed by atoms with Crippen LogP contribution in [0.5, 0.6) is 0 Å². The second-order valence-corrected chi connectivity index (χ2v) is 6.43. The van der Waals surface area contributed by atoms with Crippen molar-refractivity contribution in [3.63, 3.8) is 0 Å². The molecule has 106 valence electrons. The fourth-order valence-electron chi connectivity index (χ4n) is 3.79. The molecule has 2 aliphatic rings. The Balaban J connectivity index is 1.73. The maximum Gasteiger partial charge on any atom is 0.0179 e. The molecule has 2 heteroatoms. The number of likely N-dealkylation sites (tertiary alicyclic amines) is 1. The monoisotopic (exact) mass is 252 g/mol. The van der Waals surface area contributed by atoms with Crippen LogP contribution in [0.15, 0.2) is 0 Å². The summed E-state index contributed by atoms with van der Waals surface area (Å²) in [6.45, 7) is 9.84. The van der Waals surface area contributed by atoms with E-state index in [0.717, 1.165) is 5.92 Å². The van der Waals surface area contributed by atoms with Crippen molar-refractivity contribution in [2.75, 3.05) is 26.2 Å². The average molecular weight is 252 g/mol. The molecule has 2 heterocycles. The van der Waals surface area contributed by atoms with Crippen molar-refractivity contribution >= 4 is 0 Å². The molecule has 0 aliphatic carbocycles. The van der Waals surface area contributed by atoms with Crippen molar-refractivity contribution in [2.45, 2.75) is 70.8 Å². The molecule has 2 saturated heterocycles. The first-order chi connectivity index (χ1) is 8.78. The van der Waals surface area contributed by atoms with E-state index in [9.17, 15) is 0 Å². The Morgan fingerprint density at radius 2 is 1.94 bits per heavy atom. The second-order valence-electron chi connectivity index (χ2n) is 6.43. The van der Waals surface area contributed by atoms with E-state index in [1.807, 2.05) is 0 Å². The zero-order valence-electron chi connectivity index (χ0n) is 12.5. The molecular formula is C16H32N2. The molecule has 2 fully saturated rings. The van der Waals surface area contributed by atoms with E-state index in [1.165, 1.54) is 77.5 Å². The zero-order chi connectivity index (χ0) is 12.8. The van der Waals surface area contributed by atoms with Gasteiger partial charge in [0, 0.05) is 5.54 Å². The van der Waals surface area contributed by atoms with Gasteiger partial charge in [0.2, 0.25) is 0 Å². The summed E-state index contributed by atoms with van der Waals surface area (Å²) >= 11 is 0. The lowest BCUT2D eigenvalue weighted by Crippen LogP contribution is -2.48. The van der Waals surface area contributed by atoms with Gasteiger partial charge < -0.3 is 10.2 Å². The maximum atomic E-state index is 3.83. The lowest BCUT2D eigenvalue weighted by atomic mass is 9.79. The van der Waals surface area contributed by atoms with E-state index in [2.05, 4.69) is 24.1 Å². The first-order valence-electron chi connectivity index (χ1n) is 8.25. The van der Waals surface area contributed by atoms with Gasteiger partial charge in [-0.3, -0.25) is 0 Å². The molecule has 2 aliphatic heterocycles. The van der Waals surface area contributed by atoms with Gasteiger partial charge in [0.05, 0.1) is 0 Å². The number of nitrogens with zero attached hydrogens (tertiary/aromatic N) is 1. The number of nitrogens with one attached hydrogen (secondary N) is 1. The highest BCUT2D eigenvalue weighted by atomic mass is 15.1. The molecule has 0 aromatic rings. The Labute approximate surface area is 114 Å². The van der Waals surface area contributed by atoms with E-state index < -0.39 is 0 Å². The molecule has 0 aromatic carbocycles. The van der Waals surface area contributed by atoms with Gasteiger partial charge >= 0.3 is 0 Å². The zero-order valence-corrected chi connectivity index (χ0v) is 12.5. The summed E-state index contributed by atoms with van der Waals surface area (Å²) in [5, 5.41) is 3.83. The minimum absolute atomic E-state index is 0.500. The summed E-state index contributed by atoms with van der Waals surface area (Å²) in [4.78, 5) is 2.60. The topological polar surface area (TPSA) is 15.3 Å². The Morgan fingerprint density at radius 1 is 1.17 bits per heavy atom. The Bertz CT molecular complexity index is 225. The Kier molecular flexibility index (Phi) is 5.50. The van der Waals surface area contributed by atoms with Gasteiger partial charge in [-0.2, -0.15) is 0 Å². The standard InChI is InChI=1S/C16H32N2/c1-3-16(10-5-6-12-17-16)11-7-15-8-13-18(4-2)14-9-15/h15,17H,3-14H2,1-2H3. The molecule has 0 radical (unpaired) electrons. The fourth-order valence-corrected chi connectivity index (χ4v) is 3.79. The molecule has 1 N–H and O–H groups in total. The van der Waals surface area contributed by atoms with Gasteiger partial charge in [0.25, 0.3) is 0 Å². The highest BCUT2D eigenvalue weighted by Crippen LogP contribution is 2.31. The molecule has 0 bridgehead atoms. The van der Waals surface area contributed by atoms with E-state index >= 15 is 0 Å².